The maximum Gasteiger partial charge on any atom is 0.416 e. The fourth-order valence-electron chi connectivity index (χ4n) is 4.33. The second kappa shape index (κ2) is 6.62. The first-order valence-corrected chi connectivity index (χ1v) is 11.5. The van der Waals surface area contributed by atoms with Crippen LogP contribution < -0.4 is 0 Å². The van der Waals surface area contributed by atoms with Crippen LogP contribution in [0.5, 0.6) is 0 Å². The van der Waals surface area contributed by atoms with Gasteiger partial charge in [0.05, 0.1) is 11.3 Å². The molecule has 1 unspecified atom stereocenters. The van der Waals surface area contributed by atoms with Gasteiger partial charge in [-0.3, -0.25) is 0 Å². The van der Waals surface area contributed by atoms with Crippen LogP contribution in [0.1, 0.15) is 42.0 Å². The molecule has 3 nitrogen and oxygen atoms in total. The Balaban J connectivity index is 1.84. The molecule has 0 aliphatic heterocycles. The lowest BCUT2D eigenvalue weighted by atomic mass is 9.72. The molecule has 1 fully saturated rings. The zero-order valence-corrected chi connectivity index (χ0v) is 17.0. The number of benzene rings is 2. The molecule has 4 rings (SSSR count). The molecule has 1 aliphatic rings. The van der Waals surface area contributed by atoms with Gasteiger partial charge in [-0.15, -0.1) is 0 Å². The molecule has 2 aromatic carbocycles. The first kappa shape index (κ1) is 20.0. The minimum absolute atomic E-state index is 0.0648. The predicted octanol–water partition coefficient (Wildman–Crippen LogP) is 5.45. The number of nitrogens with one attached hydrogen (secondary N) is 1. The smallest absolute Gasteiger partial charge is 0.361 e. The maximum atomic E-state index is 13.0. The van der Waals surface area contributed by atoms with E-state index in [9.17, 15) is 21.6 Å². The van der Waals surface area contributed by atoms with Crippen molar-refractivity contribution in [1.29, 1.82) is 0 Å². The molecule has 0 spiro atoms. The molecular formula is C22H22F3NO2S. The molecule has 1 heterocycles. The van der Waals surface area contributed by atoms with E-state index in [0.717, 1.165) is 47.0 Å². The van der Waals surface area contributed by atoms with E-state index in [4.69, 9.17) is 0 Å². The molecule has 1 aromatic heterocycles. The van der Waals surface area contributed by atoms with E-state index < -0.39 is 27.0 Å². The lowest BCUT2D eigenvalue weighted by Gasteiger charge is -2.31. The largest absolute Gasteiger partial charge is 0.416 e. The molecule has 1 N–H and O–H groups in total. The van der Waals surface area contributed by atoms with Crippen LogP contribution in [0.3, 0.4) is 0 Å². The summed E-state index contributed by atoms with van der Waals surface area (Å²) in [5.41, 5.74) is 2.18. The summed E-state index contributed by atoms with van der Waals surface area (Å²) in [6, 6.07) is 11.0. The third-order valence-electron chi connectivity index (χ3n) is 5.98. The Morgan fingerprint density at radius 1 is 1.03 bits per heavy atom. The van der Waals surface area contributed by atoms with Crippen molar-refractivity contribution in [2.75, 3.05) is 6.26 Å². The van der Waals surface area contributed by atoms with Gasteiger partial charge in [-0.1, -0.05) is 37.3 Å². The van der Waals surface area contributed by atoms with Crippen molar-refractivity contribution in [3.8, 4) is 0 Å². The molecule has 1 saturated carbocycles. The van der Waals surface area contributed by atoms with Gasteiger partial charge in [0.2, 0.25) is 0 Å². The van der Waals surface area contributed by atoms with Crippen molar-refractivity contribution < 1.29 is 21.6 Å². The molecule has 1 atom stereocenters. The Bertz CT molecular complexity index is 1160. The Hall–Kier alpha value is -2.28. The van der Waals surface area contributed by atoms with Crippen molar-refractivity contribution in [1.82, 2.24) is 4.98 Å². The van der Waals surface area contributed by atoms with Crippen LogP contribution in [0.4, 0.5) is 13.2 Å². The summed E-state index contributed by atoms with van der Waals surface area (Å²) in [5.74, 6) is 0.266. The number of para-hydroxylation sites is 1. The molecule has 7 heteroatoms. The van der Waals surface area contributed by atoms with Crippen LogP contribution in [0.25, 0.3) is 10.9 Å². The van der Waals surface area contributed by atoms with Gasteiger partial charge in [-0.2, -0.15) is 13.2 Å². The number of H-pyrrole nitrogens is 1. The van der Waals surface area contributed by atoms with E-state index in [0.29, 0.717) is 11.5 Å². The summed E-state index contributed by atoms with van der Waals surface area (Å²) < 4.78 is 62.6. The van der Waals surface area contributed by atoms with Gasteiger partial charge in [0.1, 0.15) is 0 Å². The number of aromatic amines is 1. The normalized spacial score (nSPS) is 17.4. The van der Waals surface area contributed by atoms with Crippen LogP contribution in [0.15, 0.2) is 48.7 Å². The van der Waals surface area contributed by atoms with Gasteiger partial charge in [0, 0.05) is 28.8 Å². The molecule has 29 heavy (non-hydrogen) atoms. The lowest BCUT2D eigenvalue weighted by Crippen LogP contribution is -2.26. The second-order valence-corrected chi connectivity index (χ2v) is 10.3. The molecule has 0 saturated heterocycles. The molecule has 0 bridgehead atoms. The molecule has 0 amide bonds. The topological polar surface area (TPSA) is 49.9 Å². The Labute approximate surface area is 167 Å². The second-order valence-electron chi connectivity index (χ2n) is 8.16. The number of sulfone groups is 1. The van der Waals surface area contributed by atoms with E-state index in [1.807, 2.05) is 18.3 Å². The number of hydrogen-bond donors (Lipinski definition) is 1. The third kappa shape index (κ3) is 3.68. The average Bonchev–Trinajstić information content (AvgIpc) is 3.39. The first-order valence-electron chi connectivity index (χ1n) is 9.45. The van der Waals surface area contributed by atoms with Gasteiger partial charge in [-0.25, -0.2) is 8.42 Å². The van der Waals surface area contributed by atoms with E-state index in [-0.39, 0.29) is 5.75 Å². The van der Waals surface area contributed by atoms with Crippen molar-refractivity contribution in [2.45, 2.75) is 37.1 Å². The van der Waals surface area contributed by atoms with Gasteiger partial charge >= 0.3 is 6.18 Å². The van der Waals surface area contributed by atoms with Gasteiger partial charge < -0.3 is 4.98 Å². The quantitative estimate of drug-likeness (QED) is 0.596. The Kier molecular flexibility index (Phi) is 4.57. The van der Waals surface area contributed by atoms with Crippen LogP contribution in [-0.4, -0.2) is 19.7 Å². The highest BCUT2D eigenvalue weighted by atomic mass is 32.2. The van der Waals surface area contributed by atoms with Crippen molar-refractivity contribution in [3.63, 3.8) is 0 Å². The third-order valence-corrected chi connectivity index (χ3v) is 6.82. The zero-order chi connectivity index (χ0) is 21.0. The van der Waals surface area contributed by atoms with Gasteiger partial charge in [0.15, 0.2) is 9.84 Å². The standard InChI is InChI=1S/C22H22F3NO2S/c1-21(15-6-7-15,16-8-10-17(11-9-16)22(23,24)25)19-12-26-20-14(13-29(2,27)28)4-3-5-18(19)20/h3-5,8-12,15,26H,6-7,13H2,1-2H3. The van der Waals surface area contributed by atoms with Gasteiger partial charge in [0.25, 0.3) is 0 Å². The highest BCUT2D eigenvalue weighted by Gasteiger charge is 2.45. The summed E-state index contributed by atoms with van der Waals surface area (Å²) in [7, 11) is -3.20. The minimum Gasteiger partial charge on any atom is -0.361 e. The molecule has 1 aliphatic carbocycles. The lowest BCUT2D eigenvalue weighted by molar-refractivity contribution is -0.137. The van der Waals surface area contributed by atoms with Crippen LogP contribution in [-0.2, 0) is 27.2 Å². The number of rotatable bonds is 5. The Morgan fingerprint density at radius 2 is 1.66 bits per heavy atom. The van der Waals surface area contributed by atoms with Crippen LogP contribution in [0.2, 0.25) is 0 Å². The fourth-order valence-corrected chi connectivity index (χ4v) is 5.13. The predicted molar refractivity (Wildman–Crippen MR) is 107 cm³/mol. The van der Waals surface area contributed by atoms with E-state index in [1.54, 1.807) is 18.2 Å². The molecule has 3 aromatic rings. The zero-order valence-electron chi connectivity index (χ0n) is 16.2. The fraction of sp³-hybridized carbons (Fsp3) is 0.364. The van der Waals surface area contributed by atoms with E-state index in [2.05, 4.69) is 11.9 Å². The first-order chi connectivity index (χ1) is 13.5. The highest BCUT2D eigenvalue weighted by Crippen LogP contribution is 2.53. The van der Waals surface area contributed by atoms with E-state index >= 15 is 0 Å². The minimum atomic E-state index is -4.37. The molecule has 0 radical (unpaired) electrons. The summed E-state index contributed by atoms with van der Waals surface area (Å²) in [4.78, 5) is 3.23. The monoisotopic (exact) mass is 421 g/mol. The van der Waals surface area contributed by atoms with Gasteiger partial charge in [-0.05, 0) is 47.6 Å². The SMILES string of the molecule is CC(c1ccc(C(F)(F)F)cc1)(c1c[nH]c2c(CS(C)(=O)=O)cccc12)C1CC1. The summed E-state index contributed by atoms with van der Waals surface area (Å²) >= 11 is 0. The van der Waals surface area contributed by atoms with Crippen LogP contribution in [0, 0.1) is 5.92 Å². The number of hydrogen-bond acceptors (Lipinski definition) is 2. The number of aromatic nitrogens is 1. The molecular weight excluding hydrogens is 399 g/mol. The van der Waals surface area contributed by atoms with Crippen molar-refractivity contribution in [3.05, 3.63) is 70.9 Å². The maximum absolute atomic E-state index is 13.0. The average molecular weight is 421 g/mol. The number of fused-ring (bicyclic) bond motifs is 1. The van der Waals surface area contributed by atoms with Crippen molar-refractivity contribution >= 4 is 20.7 Å². The van der Waals surface area contributed by atoms with E-state index in [1.165, 1.54) is 6.26 Å². The summed E-state index contributed by atoms with van der Waals surface area (Å²) in [5, 5.41) is 0.917. The highest BCUT2D eigenvalue weighted by molar-refractivity contribution is 7.89. The Morgan fingerprint density at radius 3 is 2.21 bits per heavy atom. The number of halogens is 3. The molecule has 154 valence electrons. The number of alkyl halides is 3. The van der Waals surface area contributed by atoms with Crippen LogP contribution >= 0.6 is 0 Å². The summed E-state index contributed by atoms with van der Waals surface area (Å²) in [6.45, 7) is 2.07. The van der Waals surface area contributed by atoms with Crippen molar-refractivity contribution in [2.24, 2.45) is 5.92 Å². The summed E-state index contributed by atoms with van der Waals surface area (Å²) in [6.07, 6.45) is 0.731.